The standard InChI is InChI=1S/C27H24FN5O3.C27H23N7O3/c1-15-19(16(2)34)7-8-21-20(15)9-10-22(21)32-27(36)24-13-23(31-25-11-12-30-33(24)25)26(35)29-14-17-3-5-18(28)6-4-17;1-15-18(16(2)35)4-5-20-19(15)6-7-21(20)33-27(37)23-13-22(32-25-9-11-31-34(23)25)26(36)30-14-17-8-10-29-24(12-17)28-3/h3-8,11-13,22H,9-10,14H2,1-2H3,(H,29,35)(H,32,36);4-5,8-13,21H,6-7,14H2,1-2H3,(H,30,36)(H,33,37)/t22-;21-/m00/s1. The molecular weight excluding hydrogens is 932 g/mol. The molecule has 4 N–H and O–H groups in total. The van der Waals surface area contributed by atoms with E-state index < -0.39 is 11.8 Å². The fourth-order valence-electron chi connectivity index (χ4n) is 9.45. The minimum Gasteiger partial charge on any atom is -0.361 e. The summed E-state index contributed by atoms with van der Waals surface area (Å²) in [5.41, 5.74) is 10.2. The van der Waals surface area contributed by atoms with Crippen molar-refractivity contribution in [2.24, 2.45) is 0 Å². The molecule has 0 spiro atoms. The van der Waals surface area contributed by atoms with E-state index in [9.17, 15) is 33.2 Å². The maximum absolute atomic E-state index is 13.4. The van der Waals surface area contributed by atoms with Crippen molar-refractivity contribution in [3.8, 4) is 0 Å². The largest absolute Gasteiger partial charge is 0.361 e. The van der Waals surface area contributed by atoms with Crippen molar-refractivity contribution in [1.82, 2.24) is 55.4 Å². The van der Waals surface area contributed by atoms with Gasteiger partial charge in [0.2, 0.25) is 0 Å². The van der Waals surface area contributed by atoms with Gasteiger partial charge in [0.25, 0.3) is 29.4 Å². The van der Waals surface area contributed by atoms with Crippen LogP contribution in [0.4, 0.5) is 10.2 Å². The van der Waals surface area contributed by atoms with E-state index in [0.29, 0.717) is 35.3 Å². The van der Waals surface area contributed by atoms with Gasteiger partial charge in [-0.2, -0.15) is 10.2 Å². The van der Waals surface area contributed by atoms with Crippen LogP contribution in [-0.4, -0.2) is 69.4 Å². The number of pyridine rings is 1. The lowest BCUT2D eigenvalue weighted by molar-refractivity contribution is 0.0916. The third kappa shape index (κ3) is 10.2. The van der Waals surface area contributed by atoms with Crippen LogP contribution in [0.5, 0.6) is 0 Å². The molecule has 0 radical (unpaired) electrons. The van der Waals surface area contributed by atoms with Crippen LogP contribution in [0.3, 0.4) is 0 Å². The number of benzene rings is 3. The predicted octanol–water partition coefficient (Wildman–Crippen LogP) is 7.26. The minimum absolute atomic E-state index is 0.0193. The number of carbonyl (C=O) groups excluding carboxylic acids is 6. The Labute approximate surface area is 417 Å². The third-order valence-corrected chi connectivity index (χ3v) is 13.1. The van der Waals surface area contributed by atoms with Crippen LogP contribution < -0.4 is 21.3 Å². The summed E-state index contributed by atoms with van der Waals surface area (Å²) in [6, 6.07) is 22.2. The average Bonchev–Trinajstić information content (AvgIpc) is 4.23. The molecule has 0 aliphatic heterocycles. The predicted molar refractivity (Wildman–Crippen MR) is 265 cm³/mol. The molecular formula is C54H47FN12O6. The minimum atomic E-state index is -0.462. The van der Waals surface area contributed by atoms with Crippen molar-refractivity contribution in [3.63, 3.8) is 0 Å². The Morgan fingerprint density at radius 2 is 1.10 bits per heavy atom. The molecule has 19 heteroatoms. The van der Waals surface area contributed by atoms with Gasteiger partial charge in [0.05, 0.1) is 24.5 Å². The van der Waals surface area contributed by atoms with E-state index in [1.54, 1.807) is 50.2 Å². The molecule has 2 atom stereocenters. The highest BCUT2D eigenvalue weighted by Gasteiger charge is 2.30. The molecule has 5 aromatic heterocycles. The highest BCUT2D eigenvalue weighted by Crippen LogP contribution is 2.36. The monoisotopic (exact) mass is 978 g/mol. The second kappa shape index (κ2) is 20.6. The smallest absolute Gasteiger partial charge is 0.270 e. The van der Waals surface area contributed by atoms with Crippen LogP contribution in [0.25, 0.3) is 16.1 Å². The number of halogens is 1. The van der Waals surface area contributed by atoms with Crippen LogP contribution in [0.2, 0.25) is 0 Å². The number of carbonyl (C=O) groups is 6. The van der Waals surface area contributed by atoms with Gasteiger partial charge < -0.3 is 26.1 Å². The van der Waals surface area contributed by atoms with Gasteiger partial charge in [0.15, 0.2) is 22.9 Å². The van der Waals surface area contributed by atoms with Gasteiger partial charge >= 0.3 is 0 Å². The van der Waals surface area contributed by atoms with Gasteiger partial charge in [-0.3, -0.25) is 28.8 Å². The van der Waals surface area contributed by atoms with E-state index >= 15 is 0 Å². The van der Waals surface area contributed by atoms with Gasteiger partial charge in [-0.25, -0.2) is 23.4 Å². The summed E-state index contributed by atoms with van der Waals surface area (Å²) >= 11 is 0. The topological polar surface area (TPSA) is 228 Å². The number of hydrogen-bond donors (Lipinski definition) is 4. The van der Waals surface area contributed by atoms with Crippen LogP contribution in [0.1, 0.15) is 146 Å². The van der Waals surface area contributed by atoms with Crippen molar-refractivity contribution in [2.75, 3.05) is 0 Å². The third-order valence-electron chi connectivity index (χ3n) is 13.1. The molecule has 0 fully saturated rings. The molecule has 4 amide bonds. The highest BCUT2D eigenvalue weighted by atomic mass is 19.1. The van der Waals surface area contributed by atoms with E-state index in [2.05, 4.69) is 51.3 Å². The van der Waals surface area contributed by atoms with Gasteiger partial charge in [-0.1, -0.05) is 43.0 Å². The molecule has 73 heavy (non-hydrogen) atoms. The van der Waals surface area contributed by atoms with Crippen LogP contribution in [-0.2, 0) is 25.9 Å². The molecule has 2 aliphatic rings. The zero-order valence-corrected chi connectivity index (χ0v) is 40.1. The number of amides is 4. The second-order valence-electron chi connectivity index (χ2n) is 17.7. The average molecular weight is 979 g/mol. The second-order valence-corrected chi connectivity index (χ2v) is 17.7. The summed E-state index contributed by atoms with van der Waals surface area (Å²) in [5.74, 6) is -1.76. The molecule has 0 saturated heterocycles. The van der Waals surface area contributed by atoms with E-state index in [1.807, 2.05) is 38.1 Å². The molecule has 18 nitrogen and oxygen atoms in total. The van der Waals surface area contributed by atoms with E-state index in [-0.39, 0.29) is 83.0 Å². The highest BCUT2D eigenvalue weighted by molar-refractivity contribution is 6.00. The van der Waals surface area contributed by atoms with E-state index in [0.717, 1.165) is 57.3 Å². The van der Waals surface area contributed by atoms with Crippen LogP contribution in [0, 0.1) is 26.2 Å². The van der Waals surface area contributed by atoms with Crippen molar-refractivity contribution in [2.45, 2.75) is 78.6 Å². The SMILES string of the molecule is CC(=O)c1ccc2c(c1C)CC[C@@H]2NC(=O)c1cc(C(=O)NCc2ccc(F)cc2)nc2ccnn12.[C-]#[N+]c1cc(CNC(=O)c2cc(C(=O)N[C@H]3CCc4c3ccc(C(C)=O)c4C)n3nccc3n2)ccn1. The number of ketones is 2. The molecule has 0 saturated carbocycles. The lowest BCUT2D eigenvalue weighted by atomic mass is 9.96. The number of fused-ring (bicyclic) bond motifs is 4. The first-order valence-corrected chi connectivity index (χ1v) is 23.4. The normalized spacial score (nSPS) is 14.3. The number of hydrogen-bond acceptors (Lipinski definition) is 11. The summed E-state index contributed by atoms with van der Waals surface area (Å²) < 4.78 is 15.9. The Morgan fingerprint density at radius 3 is 1.56 bits per heavy atom. The van der Waals surface area contributed by atoms with Crippen molar-refractivity contribution in [3.05, 3.63) is 199 Å². The fraction of sp³-hybridized carbons (Fsp3) is 0.222. The molecule has 3 aromatic carbocycles. The number of nitrogens with one attached hydrogen (secondary N) is 4. The summed E-state index contributed by atoms with van der Waals surface area (Å²) in [5, 5.41) is 20.1. The summed E-state index contributed by atoms with van der Waals surface area (Å²) in [7, 11) is 0. The van der Waals surface area contributed by atoms with Gasteiger partial charge in [-0.15, -0.1) is 4.98 Å². The first kappa shape index (κ1) is 48.7. The lowest BCUT2D eigenvalue weighted by Crippen LogP contribution is -2.30. The molecule has 10 rings (SSSR count). The van der Waals surface area contributed by atoms with Crippen LogP contribution >= 0.6 is 0 Å². The molecule has 2 aliphatic carbocycles. The maximum atomic E-state index is 13.4. The summed E-state index contributed by atoms with van der Waals surface area (Å²) in [6.45, 7) is 14.4. The van der Waals surface area contributed by atoms with E-state index in [1.165, 1.54) is 51.9 Å². The summed E-state index contributed by atoms with van der Waals surface area (Å²) in [4.78, 5) is 92.2. The number of nitrogens with zero attached hydrogens (tertiary/aromatic N) is 8. The Bertz CT molecular complexity index is 3600. The molecule has 366 valence electrons. The van der Waals surface area contributed by atoms with E-state index in [4.69, 9.17) is 6.57 Å². The molecule has 5 heterocycles. The quantitative estimate of drug-likeness (QED) is 0.0704. The molecule has 0 bridgehead atoms. The van der Waals surface area contributed by atoms with Gasteiger partial charge in [0, 0.05) is 48.5 Å². The Morgan fingerprint density at radius 1 is 0.616 bits per heavy atom. The number of rotatable bonds is 12. The van der Waals surface area contributed by atoms with Crippen molar-refractivity contribution in [1.29, 1.82) is 0 Å². The molecule has 0 unspecified atom stereocenters. The zero-order valence-electron chi connectivity index (χ0n) is 40.1. The van der Waals surface area contributed by atoms with Gasteiger partial charge in [-0.05, 0) is 122 Å². The van der Waals surface area contributed by atoms with Gasteiger partial charge in [0.1, 0.15) is 34.8 Å². The maximum Gasteiger partial charge on any atom is 0.270 e. The number of Topliss-reactive ketones (excluding diaryl/α,β-unsaturated/α-hetero) is 2. The Balaban J connectivity index is 0.000000180. The Kier molecular flexibility index (Phi) is 13.7. The zero-order chi connectivity index (χ0) is 51.5. The van der Waals surface area contributed by atoms with Crippen LogP contribution in [0.15, 0.2) is 104 Å². The van der Waals surface area contributed by atoms with Crippen molar-refractivity contribution >= 4 is 52.3 Å². The molecule has 8 aromatic rings. The first-order valence-electron chi connectivity index (χ1n) is 23.4. The number of aromatic nitrogens is 7. The summed E-state index contributed by atoms with van der Waals surface area (Å²) in [6.07, 6.45) is 7.48. The fourth-order valence-corrected chi connectivity index (χ4v) is 9.45. The first-order chi connectivity index (χ1) is 35.2. The van der Waals surface area contributed by atoms with Crippen molar-refractivity contribution < 1.29 is 33.2 Å². The Hall–Kier alpha value is -9.31. The lowest BCUT2D eigenvalue weighted by Gasteiger charge is -2.16.